The lowest BCUT2D eigenvalue weighted by atomic mass is 10.1. The SMILES string of the molecule is CCC1CCN(CC(F)(F)F)C1=O. The first-order chi connectivity index (χ1) is 5.94. The van der Waals surface area contributed by atoms with Crippen molar-refractivity contribution in [1.82, 2.24) is 4.90 Å². The summed E-state index contributed by atoms with van der Waals surface area (Å²) in [7, 11) is 0. The van der Waals surface area contributed by atoms with Gasteiger partial charge in [0.1, 0.15) is 6.54 Å². The second-order valence-corrected chi connectivity index (χ2v) is 3.27. The highest BCUT2D eigenvalue weighted by Gasteiger charge is 2.38. The number of carbonyl (C=O) groups excluding carboxylic acids is 1. The highest BCUT2D eigenvalue weighted by Crippen LogP contribution is 2.25. The highest BCUT2D eigenvalue weighted by molar-refractivity contribution is 5.80. The van der Waals surface area contributed by atoms with Crippen molar-refractivity contribution < 1.29 is 18.0 Å². The quantitative estimate of drug-likeness (QED) is 0.658. The maximum atomic E-state index is 11.9. The maximum absolute atomic E-state index is 11.9. The lowest BCUT2D eigenvalue weighted by Gasteiger charge is -2.18. The molecule has 0 bridgehead atoms. The Morgan fingerprint density at radius 3 is 2.54 bits per heavy atom. The minimum atomic E-state index is -4.27. The number of hydrogen-bond acceptors (Lipinski definition) is 1. The first-order valence-electron chi connectivity index (χ1n) is 4.29. The monoisotopic (exact) mass is 195 g/mol. The van der Waals surface area contributed by atoms with Gasteiger partial charge in [0.15, 0.2) is 0 Å². The first kappa shape index (κ1) is 10.3. The van der Waals surface area contributed by atoms with Crippen molar-refractivity contribution in [2.24, 2.45) is 5.92 Å². The Bertz CT molecular complexity index is 202. The van der Waals surface area contributed by atoms with E-state index in [0.717, 1.165) is 4.90 Å². The van der Waals surface area contributed by atoms with Gasteiger partial charge in [-0.2, -0.15) is 13.2 Å². The summed E-state index contributed by atoms with van der Waals surface area (Å²) in [6.45, 7) is 0.971. The average Bonchev–Trinajstić information content (AvgIpc) is 2.30. The van der Waals surface area contributed by atoms with E-state index in [1.165, 1.54) is 0 Å². The van der Waals surface area contributed by atoms with E-state index in [-0.39, 0.29) is 18.4 Å². The number of alkyl halides is 3. The molecule has 1 rings (SSSR count). The molecule has 5 heteroatoms. The molecule has 1 amide bonds. The summed E-state index contributed by atoms with van der Waals surface area (Å²) in [5, 5.41) is 0. The summed E-state index contributed by atoms with van der Waals surface area (Å²) >= 11 is 0. The topological polar surface area (TPSA) is 20.3 Å². The van der Waals surface area contributed by atoms with Crippen LogP contribution in [0, 0.1) is 5.92 Å². The predicted octanol–water partition coefficient (Wildman–Crippen LogP) is 1.81. The molecule has 0 aliphatic carbocycles. The summed E-state index contributed by atoms with van der Waals surface area (Å²) in [5.74, 6) is -0.540. The number of halogens is 3. The van der Waals surface area contributed by atoms with Gasteiger partial charge in [-0.3, -0.25) is 4.79 Å². The van der Waals surface area contributed by atoms with Crippen LogP contribution in [0.25, 0.3) is 0 Å². The summed E-state index contributed by atoms with van der Waals surface area (Å²) in [5.41, 5.74) is 0. The van der Waals surface area contributed by atoms with E-state index in [0.29, 0.717) is 12.8 Å². The van der Waals surface area contributed by atoms with Crippen molar-refractivity contribution in [2.45, 2.75) is 25.9 Å². The molecule has 1 unspecified atom stereocenters. The Kier molecular flexibility index (Phi) is 2.83. The van der Waals surface area contributed by atoms with Crippen LogP contribution in [-0.2, 0) is 4.79 Å². The van der Waals surface area contributed by atoms with Crippen molar-refractivity contribution in [3.63, 3.8) is 0 Å². The summed E-state index contributed by atoms with van der Waals surface area (Å²) in [6, 6.07) is 0. The van der Waals surface area contributed by atoms with Gasteiger partial charge in [0.25, 0.3) is 0 Å². The molecule has 0 aromatic carbocycles. The van der Waals surface area contributed by atoms with Crippen LogP contribution in [0.1, 0.15) is 19.8 Å². The van der Waals surface area contributed by atoms with E-state index in [2.05, 4.69) is 0 Å². The van der Waals surface area contributed by atoms with Crippen LogP contribution in [-0.4, -0.2) is 30.1 Å². The molecular formula is C8H12F3NO. The third-order valence-electron chi connectivity index (χ3n) is 2.27. The van der Waals surface area contributed by atoms with Crippen LogP contribution in [0.15, 0.2) is 0 Å². The Morgan fingerprint density at radius 1 is 1.54 bits per heavy atom. The van der Waals surface area contributed by atoms with Gasteiger partial charge in [0.2, 0.25) is 5.91 Å². The van der Waals surface area contributed by atoms with E-state index < -0.39 is 12.7 Å². The molecule has 1 fully saturated rings. The number of amides is 1. The zero-order valence-electron chi connectivity index (χ0n) is 7.40. The molecule has 1 saturated heterocycles. The molecule has 13 heavy (non-hydrogen) atoms. The smallest absolute Gasteiger partial charge is 0.333 e. The maximum Gasteiger partial charge on any atom is 0.406 e. The Hall–Kier alpha value is -0.740. The fourth-order valence-electron chi connectivity index (χ4n) is 1.56. The molecule has 0 N–H and O–H groups in total. The molecule has 76 valence electrons. The zero-order chi connectivity index (χ0) is 10.1. The second-order valence-electron chi connectivity index (χ2n) is 3.27. The Balaban J connectivity index is 2.51. The molecule has 2 nitrogen and oxygen atoms in total. The lowest BCUT2D eigenvalue weighted by molar-refractivity contribution is -0.158. The van der Waals surface area contributed by atoms with Gasteiger partial charge in [0, 0.05) is 12.5 Å². The average molecular weight is 195 g/mol. The fourth-order valence-corrected chi connectivity index (χ4v) is 1.56. The first-order valence-corrected chi connectivity index (χ1v) is 4.29. The van der Waals surface area contributed by atoms with Crippen LogP contribution in [0.4, 0.5) is 13.2 Å². The fraction of sp³-hybridized carbons (Fsp3) is 0.875. The molecule has 0 spiro atoms. The second kappa shape index (κ2) is 3.55. The van der Waals surface area contributed by atoms with Crippen LogP contribution < -0.4 is 0 Å². The highest BCUT2D eigenvalue weighted by atomic mass is 19.4. The van der Waals surface area contributed by atoms with Gasteiger partial charge >= 0.3 is 6.18 Å². The molecular weight excluding hydrogens is 183 g/mol. The van der Waals surface area contributed by atoms with Gasteiger partial charge in [0.05, 0.1) is 0 Å². The minimum Gasteiger partial charge on any atom is -0.333 e. The van der Waals surface area contributed by atoms with Crippen molar-refractivity contribution >= 4 is 5.91 Å². The minimum absolute atomic E-state index is 0.192. The zero-order valence-corrected chi connectivity index (χ0v) is 7.40. The normalized spacial score (nSPS) is 24.2. The van der Waals surface area contributed by atoms with Gasteiger partial charge in [-0.15, -0.1) is 0 Å². The van der Waals surface area contributed by atoms with Crippen LogP contribution in [0.3, 0.4) is 0 Å². The molecule has 1 atom stereocenters. The van der Waals surface area contributed by atoms with Crippen molar-refractivity contribution in [2.75, 3.05) is 13.1 Å². The molecule has 0 aromatic heterocycles. The molecule has 1 aliphatic heterocycles. The largest absolute Gasteiger partial charge is 0.406 e. The van der Waals surface area contributed by atoms with Crippen molar-refractivity contribution in [3.8, 4) is 0 Å². The van der Waals surface area contributed by atoms with Gasteiger partial charge < -0.3 is 4.90 Å². The standard InChI is InChI=1S/C8H12F3NO/c1-2-6-3-4-12(7(6)13)5-8(9,10)11/h6H,2-5H2,1H3. The van der Waals surface area contributed by atoms with E-state index in [4.69, 9.17) is 0 Å². The third kappa shape index (κ3) is 2.60. The van der Waals surface area contributed by atoms with Crippen LogP contribution >= 0.6 is 0 Å². The third-order valence-corrected chi connectivity index (χ3v) is 2.27. The summed E-state index contributed by atoms with van der Waals surface area (Å²) in [6.07, 6.45) is -3.07. The van der Waals surface area contributed by atoms with E-state index in [9.17, 15) is 18.0 Å². The van der Waals surface area contributed by atoms with Crippen LogP contribution in [0.5, 0.6) is 0 Å². The van der Waals surface area contributed by atoms with E-state index >= 15 is 0 Å². The lowest BCUT2D eigenvalue weighted by Crippen LogP contribution is -2.36. The molecule has 1 heterocycles. The van der Waals surface area contributed by atoms with Gasteiger partial charge in [-0.1, -0.05) is 6.92 Å². The summed E-state index contributed by atoms with van der Waals surface area (Å²) in [4.78, 5) is 12.1. The number of rotatable bonds is 2. The number of hydrogen-bond donors (Lipinski definition) is 0. The number of carbonyl (C=O) groups is 1. The van der Waals surface area contributed by atoms with Gasteiger partial charge in [-0.25, -0.2) is 0 Å². The van der Waals surface area contributed by atoms with E-state index in [1.54, 1.807) is 0 Å². The van der Waals surface area contributed by atoms with Crippen molar-refractivity contribution in [3.05, 3.63) is 0 Å². The van der Waals surface area contributed by atoms with Gasteiger partial charge in [-0.05, 0) is 12.8 Å². The molecule has 0 aromatic rings. The Labute approximate surface area is 74.7 Å². The Morgan fingerprint density at radius 2 is 2.15 bits per heavy atom. The molecule has 0 radical (unpaired) electrons. The van der Waals surface area contributed by atoms with Crippen LogP contribution in [0.2, 0.25) is 0 Å². The van der Waals surface area contributed by atoms with E-state index in [1.807, 2.05) is 6.92 Å². The molecule has 0 saturated carbocycles. The van der Waals surface area contributed by atoms with Crippen molar-refractivity contribution in [1.29, 1.82) is 0 Å². The molecule has 1 aliphatic rings. The number of nitrogens with zero attached hydrogens (tertiary/aromatic N) is 1. The predicted molar refractivity (Wildman–Crippen MR) is 41.0 cm³/mol. The number of likely N-dealkylation sites (tertiary alicyclic amines) is 1. The summed E-state index contributed by atoms with van der Waals surface area (Å²) < 4.78 is 35.8.